The van der Waals surface area contributed by atoms with Crippen LogP contribution in [0.2, 0.25) is 0 Å². The largest absolute Gasteiger partial charge is 0.494 e. The molecule has 0 atom stereocenters. The lowest BCUT2D eigenvalue weighted by atomic mass is 10.0. The van der Waals surface area contributed by atoms with Gasteiger partial charge in [0.15, 0.2) is 5.69 Å². The summed E-state index contributed by atoms with van der Waals surface area (Å²) in [6.07, 6.45) is 6.62. The molecule has 9 nitrogen and oxygen atoms in total. The number of aromatic nitrogens is 6. The number of methoxy groups -OCH3 is 1. The molecule has 0 fully saturated rings. The van der Waals surface area contributed by atoms with Gasteiger partial charge < -0.3 is 10.1 Å². The Balaban J connectivity index is 1.43. The molecule has 5 aromatic rings. The number of carbonyl (C=O) groups excluding carboxylic acids is 1. The normalized spacial score (nSPS) is 12.9. The first-order valence-electron chi connectivity index (χ1n) is 11.9. The van der Waals surface area contributed by atoms with E-state index in [0.29, 0.717) is 22.6 Å². The molecule has 0 spiro atoms. The fraction of sp³-hybridized carbons (Fsp3) is 0.222. The van der Waals surface area contributed by atoms with Gasteiger partial charge in [0, 0.05) is 48.1 Å². The van der Waals surface area contributed by atoms with Gasteiger partial charge in [-0.25, -0.2) is 9.97 Å². The number of ether oxygens (including phenoxy) is 1. The number of hydrogen-bond donors (Lipinski definition) is 1. The molecule has 1 amide bonds. The number of benzene rings is 2. The smallest absolute Gasteiger partial charge is 0.276 e. The Labute approximate surface area is 207 Å². The van der Waals surface area contributed by atoms with Crippen molar-refractivity contribution in [2.24, 2.45) is 7.05 Å². The average molecular weight is 480 g/mol. The third-order valence-electron chi connectivity index (χ3n) is 6.48. The molecule has 0 aliphatic carbocycles. The highest BCUT2D eigenvalue weighted by Gasteiger charge is 2.21. The van der Waals surface area contributed by atoms with E-state index in [0.717, 1.165) is 59.4 Å². The molecule has 1 aliphatic heterocycles. The first kappa shape index (κ1) is 22.0. The van der Waals surface area contributed by atoms with Gasteiger partial charge in [0.1, 0.15) is 17.8 Å². The van der Waals surface area contributed by atoms with Crippen LogP contribution in [-0.4, -0.2) is 42.5 Å². The molecule has 9 heteroatoms. The van der Waals surface area contributed by atoms with Crippen LogP contribution in [0.1, 0.15) is 29.0 Å². The Morgan fingerprint density at radius 2 is 1.89 bits per heavy atom. The molecular weight excluding hydrogens is 454 g/mol. The van der Waals surface area contributed by atoms with E-state index in [1.165, 1.54) is 6.33 Å². The second kappa shape index (κ2) is 8.92. The number of anilines is 1. The molecule has 6 rings (SSSR count). The zero-order valence-electron chi connectivity index (χ0n) is 20.1. The highest BCUT2D eigenvalue weighted by molar-refractivity contribution is 6.06. The number of fused-ring (bicyclic) bond motifs is 2. The summed E-state index contributed by atoms with van der Waals surface area (Å²) in [7, 11) is 3.46. The van der Waals surface area contributed by atoms with Crippen molar-refractivity contribution in [3.05, 3.63) is 72.4 Å². The lowest BCUT2D eigenvalue weighted by Gasteiger charge is -2.13. The number of amides is 1. The summed E-state index contributed by atoms with van der Waals surface area (Å²) in [5.41, 5.74) is 6.14. The number of aryl methyl sites for hydroxylation is 3. The standard InChI is InChI=1S/C27H25N7O2/c1-33-15-20(25(32-33)17-8-4-3-5-9-17)26-19-13-22(24(36-2)14-21(19)28-16-29-26)30-27(35)23-12-18-10-6-7-11-34(18)31-23/h3-5,8-9,12-16H,6-7,10-11H2,1-2H3,(H,30,35). The maximum atomic E-state index is 13.1. The van der Waals surface area contributed by atoms with Crippen LogP contribution in [0.5, 0.6) is 5.75 Å². The third kappa shape index (κ3) is 3.88. The summed E-state index contributed by atoms with van der Waals surface area (Å²) < 4.78 is 9.30. The van der Waals surface area contributed by atoms with Gasteiger partial charge in [0.2, 0.25) is 0 Å². The van der Waals surface area contributed by atoms with E-state index in [1.807, 2.05) is 66.5 Å². The minimum Gasteiger partial charge on any atom is -0.494 e. The summed E-state index contributed by atoms with van der Waals surface area (Å²) >= 11 is 0. The molecule has 0 unspecified atom stereocenters. The Kier molecular flexibility index (Phi) is 5.44. The van der Waals surface area contributed by atoms with E-state index >= 15 is 0 Å². The summed E-state index contributed by atoms with van der Waals surface area (Å²) in [5.74, 6) is 0.234. The van der Waals surface area contributed by atoms with Gasteiger partial charge in [0.25, 0.3) is 5.91 Å². The van der Waals surface area contributed by atoms with Crippen LogP contribution in [0, 0.1) is 0 Å². The monoisotopic (exact) mass is 479 g/mol. The van der Waals surface area contributed by atoms with Crippen molar-refractivity contribution in [3.63, 3.8) is 0 Å². The number of nitrogens with zero attached hydrogens (tertiary/aromatic N) is 6. The Bertz CT molecular complexity index is 1560. The van der Waals surface area contributed by atoms with Gasteiger partial charge in [-0.2, -0.15) is 10.2 Å². The highest BCUT2D eigenvalue weighted by atomic mass is 16.5. The van der Waals surface area contributed by atoms with Crippen LogP contribution >= 0.6 is 0 Å². The predicted molar refractivity (Wildman–Crippen MR) is 137 cm³/mol. The third-order valence-corrected chi connectivity index (χ3v) is 6.48. The van der Waals surface area contributed by atoms with E-state index in [-0.39, 0.29) is 5.91 Å². The Hall–Kier alpha value is -4.53. The Morgan fingerprint density at radius 3 is 2.69 bits per heavy atom. The van der Waals surface area contributed by atoms with Gasteiger partial charge in [0.05, 0.1) is 24.0 Å². The van der Waals surface area contributed by atoms with Gasteiger partial charge in [-0.1, -0.05) is 30.3 Å². The van der Waals surface area contributed by atoms with Crippen molar-refractivity contribution in [1.82, 2.24) is 29.5 Å². The average Bonchev–Trinajstić information content (AvgIpc) is 3.52. The lowest BCUT2D eigenvalue weighted by Crippen LogP contribution is -2.15. The zero-order chi connectivity index (χ0) is 24.6. The van der Waals surface area contributed by atoms with Gasteiger partial charge in [-0.05, 0) is 31.4 Å². The molecule has 36 heavy (non-hydrogen) atoms. The van der Waals surface area contributed by atoms with Crippen molar-refractivity contribution in [2.45, 2.75) is 25.8 Å². The minimum absolute atomic E-state index is 0.278. The molecule has 4 heterocycles. The van der Waals surface area contributed by atoms with E-state index in [1.54, 1.807) is 11.8 Å². The SMILES string of the molecule is COc1cc2ncnc(-c3cn(C)nc3-c3ccccc3)c2cc1NC(=O)c1cc2n(n1)CCCC2. The second-order valence-electron chi connectivity index (χ2n) is 8.88. The molecule has 1 N–H and O–H groups in total. The van der Waals surface area contributed by atoms with Crippen molar-refractivity contribution in [1.29, 1.82) is 0 Å². The molecule has 0 bridgehead atoms. The van der Waals surface area contributed by atoms with E-state index in [2.05, 4.69) is 20.4 Å². The van der Waals surface area contributed by atoms with Crippen molar-refractivity contribution < 1.29 is 9.53 Å². The number of carbonyl (C=O) groups is 1. The van der Waals surface area contributed by atoms with Crippen LogP contribution in [0.25, 0.3) is 33.4 Å². The van der Waals surface area contributed by atoms with E-state index in [4.69, 9.17) is 9.84 Å². The first-order valence-corrected chi connectivity index (χ1v) is 11.9. The fourth-order valence-corrected chi connectivity index (χ4v) is 4.75. The highest BCUT2D eigenvalue weighted by Crippen LogP contribution is 2.37. The molecule has 1 aliphatic rings. The fourth-order valence-electron chi connectivity index (χ4n) is 4.75. The summed E-state index contributed by atoms with van der Waals surface area (Å²) in [6, 6.07) is 15.5. The molecule has 3 aromatic heterocycles. The predicted octanol–water partition coefficient (Wildman–Crippen LogP) is 4.49. The van der Waals surface area contributed by atoms with Crippen LogP contribution < -0.4 is 10.1 Å². The first-order chi connectivity index (χ1) is 17.6. The molecule has 180 valence electrons. The number of nitrogens with one attached hydrogen (secondary N) is 1. The zero-order valence-corrected chi connectivity index (χ0v) is 20.1. The van der Waals surface area contributed by atoms with Crippen LogP contribution in [0.4, 0.5) is 5.69 Å². The second-order valence-corrected chi connectivity index (χ2v) is 8.88. The van der Waals surface area contributed by atoms with E-state index in [9.17, 15) is 4.79 Å². The molecule has 0 saturated carbocycles. The number of hydrogen-bond acceptors (Lipinski definition) is 6. The Morgan fingerprint density at radius 1 is 1.03 bits per heavy atom. The summed E-state index contributed by atoms with van der Waals surface area (Å²) in [5, 5.41) is 13.0. The summed E-state index contributed by atoms with van der Waals surface area (Å²) in [4.78, 5) is 22.2. The van der Waals surface area contributed by atoms with Crippen molar-refractivity contribution >= 4 is 22.5 Å². The van der Waals surface area contributed by atoms with Gasteiger partial charge >= 0.3 is 0 Å². The van der Waals surface area contributed by atoms with Crippen LogP contribution in [0.15, 0.2) is 61.1 Å². The quantitative estimate of drug-likeness (QED) is 0.399. The van der Waals surface area contributed by atoms with Gasteiger partial charge in [-0.3, -0.25) is 14.2 Å². The minimum atomic E-state index is -0.278. The van der Waals surface area contributed by atoms with Gasteiger partial charge in [-0.15, -0.1) is 0 Å². The van der Waals surface area contributed by atoms with E-state index < -0.39 is 0 Å². The molecular formula is C27H25N7O2. The topological polar surface area (TPSA) is 99.8 Å². The molecule has 0 radical (unpaired) electrons. The lowest BCUT2D eigenvalue weighted by molar-refractivity contribution is 0.102. The van der Waals surface area contributed by atoms with Crippen molar-refractivity contribution in [3.8, 4) is 28.3 Å². The van der Waals surface area contributed by atoms with Crippen LogP contribution in [-0.2, 0) is 20.0 Å². The number of rotatable bonds is 5. The van der Waals surface area contributed by atoms with Crippen LogP contribution in [0.3, 0.4) is 0 Å². The molecule has 0 saturated heterocycles. The maximum absolute atomic E-state index is 13.1. The summed E-state index contributed by atoms with van der Waals surface area (Å²) in [6.45, 7) is 0.845. The molecule has 2 aromatic carbocycles. The van der Waals surface area contributed by atoms with Crippen molar-refractivity contribution in [2.75, 3.05) is 12.4 Å². The maximum Gasteiger partial charge on any atom is 0.276 e.